The molecule has 0 saturated heterocycles. The monoisotopic (exact) mass is 504 g/mol. The standard InChI is InChI=1S/C19H20O4.C6H8O7/c1-19(2,13-22-17(20)15-9-5-3-6-10-15)14-23-18(21)16-11-7-4-8-12-16;7-3(8)1-6(13,5(11)12)2-4(9)10/h3-12H,13-14H2,1-2H3;13H,1-2H2,(H,7,8)(H,9,10)(H,11,12). The Kier molecular flexibility index (Phi) is 11.2. The van der Waals surface area contributed by atoms with Gasteiger partial charge in [-0.3, -0.25) is 9.59 Å². The van der Waals surface area contributed by atoms with Crippen molar-refractivity contribution in [1.82, 2.24) is 0 Å². The van der Waals surface area contributed by atoms with Gasteiger partial charge >= 0.3 is 29.8 Å². The van der Waals surface area contributed by atoms with Crippen molar-refractivity contribution in [3.63, 3.8) is 0 Å². The van der Waals surface area contributed by atoms with Crippen molar-refractivity contribution in [3.8, 4) is 0 Å². The zero-order valence-corrected chi connectivity index (χ0v) is 19.7. The Hall–Kier alpha value is -4.25. The van der Waals surface area contributed by atoms with Crippen LogP contribution in [-0.2, 0) is 23.9 Å². The van der Waals surface area contributed by atoms with Crippen LogP contribution in [0.1, 0.15) is 47.4 Å². The Morgan fingerprint density at radius 3 is 1.28 bits per heavy atom. The molecule has 0 unspecified atom stereocenters. The molecule has 2 aromatic carbocycles. The van der Waals surface area contributed by atoms with Crippen LogP contribution >= 0.6 is 0 Å². The fraction of sp³-hybridized carbons (Fsp3) is 0.320. The van der Waals surface area contributed by atoms with E-state index in [1.165, 1.54) is 0 Å². The highest BCUT2D eigenvalue weighted by Gasteiger charge is 2.40. The maximum atomic E-state index is 11.9. The van der Waals surface area contributed by atoms with Crippen LogP contribution in [0.4, 0.5) is 0 Å². The number of carbonyl (C=O) groups is 5. The van der Waals surface area contributed by atoms with E-state index in [4.69, 9.17) is 29.9 Å². The zero-order chi connectivity index (χ0) is 27.4. The fourth-order valence-electron chi connectivity index (χ4n) is 2.59. The molecule has 0 aromatic heterocycles. The SMILES string of the molecule is CC(C)(COC(=O)c1ccccc1)COC(=O)c1ccccc1.O=C(O)CC(O)(CC(=O)O)C(=O)O. The van der Waals surface area contributed by atoms with Crippen LogP contribution in [-0.4, -0.2) is 69.1 Å². The maximum Gasteiger partial charge on any atom is 0.338 e. The first-order valence-corrected chi connectivity index (χ1v) is 10.6. The first-order chi connectivity index (χ1) is 16.8. The number of aliphatic hydroxyl groups is 1. The normalized spacial score (nSPS) is 10.9. The summed E-state index contributed by atoms with van der Waals surface area (Å²) in [7, 11) is 0. The largest absolute Gasteiger partial charge is 0.481 e. The molecular weight excluding hydrogens is 476 g/mol. The fourth-order valence-corrected chi connectivity index (χ4v) is 2.59. The molecule has 0 atom stereocenters. The van der Waals surface area contributed by atoms with Gasteiger partial charge in [-0.2, -0.15) is 0 Å². The molecule has 194 valence electrons. The first-order valence-electron chi connectivity index (χ1n) is 10.6. The molecule has 2 aromatic rings. The van der Waals surface area contributed by atoms with Crippen molar-refractivity contribution >= 4 is 29.8 Å². The third-order valence-electron chi connectivity index (χ3n) is 4.49. The minimum Gasteiger partial charge on any atom is -0.481 e. The lowest BCUT2D eigenvalue weighted by Gasteiger charge is -2.23. The predicted octanol–water partition coefficient (Wildman–Crippen LogP) is 2.48. The lowest BCUT2D eigenvalue weighted by Crippen LogP contribution is -2.42. The maximum absolute atomic E-state index is 11.9. The van der Waals surface area contributed by atoms with E-state index < -0.39 is 41.8 Å². The number of benzene rings is 2. The molecule has 0 aliphatic heterocycles. The Balaban J connectivity index is 0.000000426. The number of esters is 2. The summed E-state index contributed by atoms with van der Waals surface area (Å²) in [5.41, 5.74) is -2.19. The molecule has 36 heavy (non-hydrogen) atoms. The molecule has 4 N–H and O–H groups in total. The quantitative estimate of drug-likeness (QED) is 0.329. The van der Waals surface area contributed by atoms with E-state index >= 15 is 0 Å². The van der Waals surface area contributed by atoms with Crippen molar-refractivity contribution in [3.05, 3.63) is 71.8 Å². The third-order valence-corrected chi connectivity index (χ3v) is 4.49. The van der Waals surface area contributed by atoms with E-state index in [2.05, 4.69) is 0 Å². The number of ether oxygens (including phenoxy) is 2. The molecule has 0 aliphatic rings. The Morgan fingerprint density at radius 2 is 1.00 bits per heavy atom. The molecule has 0 fully saturated rings. The molecule has 11 heteroatoms. The Labute approximate surface area is 206 Å². The van der Waals surface area contributed by atoms with E-state index in [9.17, 15) is 24.0 Å². The molecule has 0 spiro atoms. The van der Waals surface area contributed by atoms with Crippen LogP contribution in [0.15, 0.2) is 60.7 Å². The first kappa shape index (κ1) is 29.8. The van der Waals surface area contributed by atoms with Gasteiger partial charge in [0.2, 0.25) is 0 Å². The number of rotatable bonds is 11. The van der Waals surface area contributed by atoms with Gasteiger partial charge in [0.05, 0.1) is 37.2 Å². The average molecular weight is 504 g/mol. The Bertz CT molecular complexity index is 973. The van der Waals surface area contributed by atoms with Gasteiger partial charge in [0.1, 0.15) is 0 Å². The minimum absolute atomic E-state index is 0.169. The lowest BCUT2D eigenvalue weighted by molar-refractivity contribution is -0.170. The summed E-state index contributed by atoms with van der Waals surface area (Å²) in [4.78, 5) is 54.3. The van der Waals surface area contributed by atoms with Crippen LogP contribution in [0.2, 0.25) is 0 Å². The zero-order valence-electron chi connectivity index (χ0n) is 19.7. The highest BCUT2D eigenvalue weighted by molar-refractivity contribution is 5.90. The number of hydrogen-bond donors (Lipinski definition) is 4. The molecule has 0 amide bonds. The summed E-state index contributed by atoms with van der Waals surface area (Å²) >= 11 is 0. The predicted molar refractivity (Wildman–Crippen MR) is 124 cm³/mol. The summed E-state index contributed by atoms with van der Waals surface area (Å²) in [6.45, 7) is 4.10. The second-order valence-corrected chi connectivity index (χ2v) is 8.53. The minimum atomic E-state index is -2.74. The number of carboxylic acid groups (broad SMARTS) is 3. The van der Waals surface area contributed by atoms with Gasteiger partial charge in [0, 0.05) is 5.41 Å². The van der Waals surface area contributed by atoms with Crippen LogP contribution in [0.3, 0.4) is 0 Å². The van der Waals surface area contributed by atoms with Crippen molar-refractivity contribution < 1.29 is 53.9 Å². The highest BCUT2D eigenvalue weighted by atomic mass is 16.5. The average Bonchev–Trinajstić information content (AvgIpc) is 2.81. The van der Waals surface area contributed by atoms with E-state index in [1.54, 1.807) is 48.5 Å². The second-order valence-electron chi connectivity index (χ2n) is 8.53. The van der Waals surface area contributed by atoms with Gasteiger partial charge in [-0.15, -0.1) is 0 Å². The van der Waals surface area contributed by atoms with Crippen molar-refractivity contribution in [2.75, 3.05) is 13.2 Å². The molecule has 0 heterocycles. The third kappa shape index (κ3) is 10.8. The van der Waals surface area contributed by atoms with Crippen molar-refractivity contribution in [2.45, 2.75) is 32.3 Å². The number of carbonyl (C=O) groups excluding carboxylic acids is 2. The summed E-state index contributed by atoms with van der Waals surface area (Å²) in [6.07, 6.45) is -2.29. The van der Waals surface area contributed by atoms with E-state index in [1.807, 2.05) is 26.0 Å². The molecule has 0 aliphatic carbocycles. The van der Waals surface area contributed by atoms with E-state index in [-0.39, 0.29) is 25.2 Å². The van der Waals surface area contributed by atoms with Crippen LogP contribution < -0.4 is 0 Å². The van der Waals surface area contributed by atoms with Crippen LogP contribution in [0.25, 0.3) is 0 Å². The van der Waals surface area contributed by atoms with Gasteiger partial charge in [-0.25, -0.2) is 14.4 Å². The van der Waals surface area contributed by atoms with Crippen LogP contribution in [0.5, 0.6) is 0 Å². The van der Waals surface area contributed by atoms with Crippen molar-refractivity contribution in [2.24, 2.45) is 5.41 Å². The number of carboxylic acids is 3. The molecule has 0 bridgehead atoms. The molecule has 11 nitrogen and oxygen atoms in total. The molecule has 2 rings (SSSR count). The Morgan fingerprint density at radius 1 is 0.667 bits per heavy atom. The molecule has 0 saturated carbocycles. The smallest absolute Gasteiger partial charge is 0.338 e. The molecule has 0 radical (unpaired) electrons. The van der Waals surface area contributed by atoms with Gasteiger partial charge in [-0.1, -0.05) is 50.2 Å². The van der Waals surface area contributed by atoms with Gasteiger partial charge in [0.15, 0.2) is 5.60 Å². The van der Waals surface area contributed by atoms with Gasteiger partial charge < -0.3 is 29.9 Å². The van der Waals surface area contributed by atoms with E-state index in [0.717, 1.165) is 0 Å². The van der Waals surface area contributed by atoms with Gasteiger partial charge in [-0.05, 0) is 24.3 Å². The highest BCUT2D eigenvalue weighted by Crippen LogP contribution is 2.18. The van der Waals surface area contributed by atoms with Crippen LogP contribution in [0, 0.1) is 5.41 Å². The van der Waals surface area contributed by atoms with Crippen molar-refractivity contribution in [1.29, 1.82) is 0 Å². The summed E-state index contributed by atoms with van der Waals surface area (Å²) in [5.74, 6) is -5.78. The molecular formula is C25H28O11. The topological polar surface area (TPSA) is 185 Å². The van der Waals surface area contributed by atoms with E-state index in [0.29, 0.717) is 11.1 Å². The summed E-state index contributed by atoms with van der Waals surface area (Å²) < 4.78 is 10.6. The number of aliphatic carboxylic acids is 3. The lowest BCUT2D eigenvalue weighted by atomic mass is 9.96. The summed E-state index contributed by atoms with van der Waals surface area (Å²) in [6, 6.07) is 17.6. The number of hydrogen-bond acceptors (Lipinski definition) is 8. The van der Waals surface area contributed by atoms with Gasteiger partial charge in [0.25, 0.3) is 0 Å². The second kappa shape index (κ2) is 13.6. The summed E-state index contributed by atoms with van der Waals surface area (Å²) in [5, 5.41) is 33.8.